The van der Waals surface area contributed by atoms with Gasteiger partial charge in [0.25, 0.3) is 0 Å². The molecular weight excluding hydrogens is 288 g/mol. The number of rotatable bonds is 7. The van der Waals surface area contributed by atoms with Crippen LogP contribution in [0.15, 0.2) is 23.1 Å². The zero-order chi connectivity index (χ0) is 15.5. The van der Waals surface area contributed by atoms with E-state index in [0.717, 1.165) is 31.4 Å². The maximum Gasteiger partial charge on any atom is 0.244 e. The lowest BCUT2D eigenvalue weighted by atomic mass is 9.80. The average molecular weight is 312 g/mol. The second kappa shape index (κ2) is 6.34. The summed E-state index contributed by atoms with van der Waals surface area (Å²) in [6.45, 7) is 5.53. The van der Waals surface area contributed by atoms with E-state index >= 15 is 0 Å². The molecule has 0 bridgehead atoms. The highest BCUT2D eigenvalue weighted by Gasteiger charge is 2.37. The van der Waals surface area contributed by atoms with Crippen LogP contribution >= 0.6 is 0 Å². The fraction of sp³-hybridized carbons (Fsp3) is 0.600. The van der Waals surface area contributed by atoms with E-state index in [-0.39, 0.29) is 10.4 Å². The molecule has 0 aliphatic heterocycles. The molecule has 0 radical (unpaired) electrons. The summed E-state index contributed by atoms with van der Waals surface area (Å²) in [5.74, 6) is 0.390. The normalized spacial score (nSPS) is 17.3. The Morgan fingerprint density at radius 2 is 2.05 bits per heavy atom. The molecule has 0 saturated heterocycles. The highest BCUT2D eigenvalue weighted by Crippen LogP contribution is 2.34. The van der Waals surface area contributed by atoms with Crippen molar-refractivity contribution in [1.29, 1.82) is 0 Å². The minimum atomic E-state index is -3.55. The van der Waals surface area contributed by atoms with E-state index in [0.29, 0.717) is 12.3 Å². The van der Waals surface area contributed by atoms with Crippen molar-refractivity contribution in [3.63, 3.8) is 0 Å². The molecular formula is C15H24N2O3S. The van der Waals surface area contributed by atoms with Gasteiger partial charge in [0.2, 0.25) is 10.0 Å². The van der Waals surface area contributed by atoms with Gasteiger partial charge < -0.3 is 10.1 Å². The standard InChI is InChI=1S/C15H24N2O3S/c1-4-16-11-12-6-7-14(13(10-12)20-3)21(18,19)17-15(2)8-5-9-15/h6-7,10,16-17H,4-5,8-9,11H2,1-3H3. The lowest BCUT2D eigenvalue weighted by Gasteiger charge is -2.38. The Morgan fingerprint density at radius 1 is 1.33 bits per heavy atom. The highest BCUT2D eigenvalue weighted by atomic mass is 32.2. The van der Waals surface area contributed by atoms with Gasteiger partial charge in [-0.3, -0.25) is 0 Å². The summed E-state index contributed by atoms with van der Waals surface area (Å²) in [6.07, 6.45) is 2.83. The number of sulfonamides is 1. The molecule has 5 nitrogen and oxygen atoms in total. The minimum absolute atomic E-state index is 0.207. The fourth-order valence-electron chi connectivity index (χ4n) is 2.50. The van der Waals surface area contributed by atoms with Crippen LogP contribution in [-0.2, 0) is 16.6 Å². The number of methoxy groups -OCH3 is 1. The SMILES string of the molecule is CCNCc1ccc(S(=O)(=O)NC2(C)CCC2)c(OC)c1. The van der Waals surface area contributed by atoms with Crippen molar-refractivity contribution >= 4 is 10.0 Å². The first-order valence-corrected chi connectivity index (χ1v) is 8.80. The topological polar surface area (TPSA) is 67.4 Å². The number of hydrogen-bond donors (Lipinski definition) is 2. The molecule has 0 heterocycles. The van der Waals surface area contributed by atoms with Gasteiger partial charge in [0.05, 0.1) is 7.11 Å². The van der Waals surface area contributed by atoms with E-state index in [2.05, 4.69) is 10.0 Å². The lowest BCUT2D eigenvalue weighted by Crippen LogP contribution is -2.50. The second-order valence-electron chi connectivity index (χ2n) is 5.79. The maximum atomic E-state index is 12.5. The third-order valence-corrected chi connectivity index (χ3v) is 5.61. The summed E-state index contributed by atoms with van der Waals surface area (Å²) in [4.78, 5) is 0.207. The molecule has 1 saturated carbocycles. The van der Waals surface area contributed by atoms with Crippen LogP contribution in [0.5, 0.6) is 5.75 Å². The first-order chi connectivity index (χ1) is 9.90. The van der Waals surface area contributed by atoms with Gasteiger partial charge in [-0.05, 0) is 50.4 Å². The van der Waals surface area contributed by atoms with Crippen LogP contribution in [0.1, 0.15) is 38.7 Å². The van der Waals surface area contributed by atoms with Gasteiger partial charge in [-0.15, -0.1) is 0 Å². The monoisotopic (exact) mass is 312 g/mol. The third-order valence-electron chi connectivity index (χ3n) is 3.93. The second-order valence-corrected chi connectivity index (χ2v) is 7.44. The van der Waals surface area contributed by atoms with Crippen LogP contribution in [0.2, 0.25) is 0 Å². The molecule has 0 amide bonds. The molecule has 0 spiro atoms. The maximum absolute atomic E-state index is 12.5. The molecule has 1 aliphatic carbocycles. The zero-order valence-electron chi connectivity index (χ0n) is 12.9. The lowest BCUT2D eigenvalue weighted by molar-refractivity contribution is 0.247. The average Bonchev–Trinajstić information content (AvgIpc) is 2.42. The molecule has 21 heavy (non-hydrogen) atoms. The molecule has 0 atom stereocenters. The molecule has 0 unspecified atom stereocenters. The number of nitrogens with one attached hydrogen (secondary N) is 2. The highest BCUT2D eigenvalue weighted by molar-refractivity contribution is 7.89. The summed E-state index contributed by atoms with van der Waals surface area (Å²) in [5.41, 5.74) is 0.689. The van der Waals surface area contributed by atoms with Crippen LogP contribution < -0.4 is 14.8 Å². The molecule has 6 heteroatoms. The van der Waals surface area contributed by atoms with Crippen molar-refractivity contribution < 1.29 is 13.2 Å². The quantitative estimate of drug-likeness (QED) is 0.808. The van der Waals surface area contributed by atoms with E-state index in [1.165, 1.54) is 7.11 Å². The van der Waals surface area contributed by atoms with Crippen molar-refractivity contribution in [2.45, 2.75) is 50.1 Å². The van der Waals surface area contributed by atoms with E-state index in [9.17, 15) is 8.42 Å². The van der Waals surface area contributed by atoms with Crippen LogP contribution in [0.3, 0.4) is 0 Å². The largest absolute Gasteiger partial charge is 0.495 e. The van der Waals surface area contributed by atoms with Crippen LogP contribution in [0.4, 0.5) is 0 Å². The van der Waals surface area contributed by atoms with Crippen LogP contribution in [0, 0.1) is 0 Å². The number of hydrogen-bond acceptors (Lipinski definition) is 4. The molecule has 1 aromatic carbocycles. The van der Waals surface area contributed by atoms with Gasteiger partial charge in [-0.1, -0.05) is 13.0 Å². The Labute approximate surface area is 127 Å². The van der Waals surface area contributed by atoms with Crippen molar-refractivity contribution in [1.82, 2.24) is 10.0 Å². The van der Waals surface area contributed by atoms with Gasteiger partial charge in [-0.2, -0.15) is 0 Å². The minimum Gasteiger partial charge on any atom is -0.495 e. The van der Waals surface area contributed by atoms with Crippen molar-refractivity contribution in [3.05, 3.63) is 23.8 Å². The molecule has 0 aromatic heterocycles. The Hall–Kier alpha value is -1.11. The molecule has 2 N–H and O–H groups in total. The van der Waals surface area contributed by atoms with Gasteiger partial charge in [-0.25, -0.2) is 13.1 Å². The van der Waals surface area contributed by atoms with Gasteiger partial charge >= 0.3 is 0 Å². The first-order valence-electron chi connectivity index (χ1n) is 7.32. The van der Waals surface area contributed by atoms with Crippen LogP contribution in [-0.4, -0.2) is 27.6 Å². The summed E-state index contributed by atoms with van der Waals surface area (Å²) < 4.78 is 33.1. The molecule has 1 aliphatic rings. The summed E-state index contributed by atoms with van der Waals surface area (Å²) >= 11 is 0. The van der Waals surface area contributed by atoms with E-state index < -0.39 is 10.0 Å². The van der Waals surface area contributed by atoms with Gasteiger partial charge in [0.15, 0.2) is 0 Å². The van der Waals surface area contributed by atoms with E-state index in [1.54, 1.807) is 12.1 Å². The predicted octanol–water partition coefficient (Wildman–Crippen LogP) is 2.03. The summed E-state index contributed by atoms with van der Waals surface area (Å²) in [7, 11) is -2.06. The Morgan fingerprint density at radius 3 is 2.57 bits per heavy atom. The van der Waals surface area contributed by atoms with E-state index in [4.69, 9.17) is 4.74 Å². The van der Waals surface area contributed by atoms with Crippen molar-refractivity contribution in [2.24, 2.45) is 0 Å². The Balaban J connectivity index is 2.25. The Bertz CT molecular complexity index is 595. The zero-order valence-corrected chi connectivity index (χ0v) is 13.7. The molecule has 2 rings (SSSR count). The number of ether oxygens (including phenoxy) is 1. The molecule has 118 valence electrons. The van der Waals surface area contributed by atoms with Crippen molar-refractivity contribution in [3.8, 4) is 5.75 Å². The fourth-order valence-corrected chi connectivity index (χ4v) is 4.12. The van der Waals surface area contributed by atoms with Crippen LogP contribution in [0.25, 0.3) is 0 Å². The summed E-state index contributed by atoms with van der Waals surface area (Å²) in [6, 6.07) is 5.22. The summed E-state index contributed by atoms with van der Waals surface area (Å²) in [5, 5.41) is 3.21. The van der Waals surface area contributed by atoms with Gasteiger partial charge in [0, 0.05) is 12.1 Å². The molecule has 1 fully saturated rings. The Kier molecular flexibility index (Phi) is 4.91. The van der Waals surface area contributed by atoms with Gasteiger partial charge in [0.1, 0.15) is 10.6 Å². The number of benzene rings is 1. The van der Waals surface area contributed by atoms with E-state index in [1.807, 2.05) is 19.9 Å². The third kappa shape index (κ3) is 3.75. The predicted molar refractivity (Wildman–Crippen MR) is 83.0 cm³/mol. The first kappa shape index (κ1) is 16.3. The van der Waals surface area contributed by atoms with Crippen molar-refractivity contribution in [2.75, 3.05) is 13.7 Å². The smallest absolute Gasteiger partial charge is 0.244 e. The molecule has 1 aromatic rings.